The van der Waals surface area contributed by atoms with E-state index in [1.165, 1.54) is 4.90 Å². The number of carbonyl (C=O) groups excluding carboxylic acids is 2. The summed E-state index contributed by atoms with van der Waals surface area (Å²) in [6.45, 7) is 9.97. The molecule has 0 spiro atoms. The highest BCUT2D eigenvalue weighted by Gasteiger charge is 2.44. The van der Waals surface area contributed by atoms with E-state index in [-0.39, 0.29) is 22.7 Å². The second-order valence-corrected chi connectivity index (χ2v) is 9.64. The number of ketones is 1. The average Bonchev–Trinajstić information content (AvgIpc) is 2.97. The van der Waals surface area contributed by atoms with Crippen molar-refractivity contribution in [1.29, 1.82) is 0 Å². The first kappa shape index (κ1) is 22.6. The molecule has 1 unspecified atom stereocenters. The van der Waals surface area contributed by atoms with Crippen molar-refractivity contribution < 1.29 is 14.7 Å². The fraction of sp³-hybridized carbons (Fsp3) is 0.385. The molecule has 5 nitrogen and oxygen atoms in total. The first-order chi connectivity index (χ1) is 14.4. The van der Waals surface area contributed by atoms with Crippen molar-refractivity contribution in [2.45, 2.75) is 46.1 Å². The molecule has 2 aromatic rings. The molecule has 1 atom stereocenters. The van der Waals surface area contributed by atoms with Gasteiger partial charge in [0.25, 0.3) is 5.91 Å². The first-order valence-electron chi connectivity index (χ1n) is 10.6. The van der Waals surface area contributed by atoms with Gasteiger partial charge in [0.15, 0.2) is 11.5 Å². The molecule has 1 N–H and O–H groups in total. The normalized spacial score (nSPS) is 17.0. The lowest BCUT2D eigenvalue weighted by Gasteiger charge is -2.28. The topological polar surface area (TPSA) is 60.9 Å². The molecule has 0 saturated heterocycles. The van der Waals surface area contributed by atoms with Crippen molar-refractivity contribution >= 4 is 23.1 Å². The Kier molecular flexibility index (Phi) is 5.99. The Labute approximate surface area is 185 Å². The molecule has 3 rings (SSSR count). The third-order valence-electron chi connectivity index (χ3n) is 5.73. The van der Waals surface area contributed by atoms with Gasteiger partial charge in [-0.3, -0.25) is 14.5 Å². The number of rotatable bonds is 5. The number of aliphatic hydroxyl groups is 1. The minimum Gasteiger partial charge on any atom is -0.503 e. The number of hydrogen-bond donors (Lipinski definition) is 1. The van der Waals surface area contributed by atoms with Crippen LogP contribution in [0.1, 0.15) is 51.8 Å². The summed E-state index contributed by atoms with van der Waals surface area (Å²) in [5.41, 5.74) is 3.75. The second kappa shape index (κ2) is 8.22. The standard InChI is InChI=1S/C26H32N2O3/c1-16(2)23(29)21-22(17-8-10-18(11-9-17)26(3,4)5)28(25(31)24(21)30)20-14-12-19(13-15-20)27(6)7/h8-16,22,30H,1-7H3. The maximum absolute atomic E-state index is 13.1. The monoisotopic (exact) mass is 420 g/mol. The van der Waals surface area contributed by atoms with Crippen LogP contribution in [0.4, 0.5) is 11.4 Å². The van der Waals surface area contributed by atoms with Gasteiger partial charge >= 0.3 is 0 Å². The van der Waals surface area contributed by atoms with E-state index in [1.807, 2.05) is 67.5 Å². The number of hydrogen-bond acceptors (Lipinski definition) is 4. The summed E-state index contributed by atoms with van der Waals surface area (Å²) in [6, 6.07) is 14.8. The van der Waals surface area contributed by atoms with Crippen LogP contribution in [0.3, 0.4) is 0 Å². The average molecular weight is 421 g/mol. The van der Waals surface area contributed by atoms with Crippen LogP contribution in [0, 0.1) is 5.92 Å². The van der Waals surface area contributed by atoms with Crippen LogP contribution in [0.15, 0.2) is 59.9 Å². The Hall–Kier alpha value is -3.08. The molecule has 1 aliphatic heterocycles. The molecule has 1 heterocycles. The van der Waals surface area contributed by atoms with Crippen molar-refractivity contribution in [1.82, 2.24) is 0 Å². The number of amides is 1. The highest BCUT2D eigenvalue weighted by atomic mass is 16.3. The lowest BCUT2D eigenvalue weighted by atomic mass is 9.85. The SMILES string of the molecule is CC(C)C(=O)C1=C(O)C(=O)N(c2ccc(N(C)C)cc2)C1c1ccc(C(C)(C)C)cc1. The van der Waals surface area contributed by atoms with E-state index in [9.17, 15) is 14.7 Å². The summed E-state index contributed by atoms with van der Waals surface area (Å²) in [6.07, 6.45) is 0. The van der Waals surface area contributed by atoms with Crippen molar-refractivity contribution in [3.8, 4) is 0 Å². The molecule has 0 fully saturated rings. The predicted octanol–water partition coefficient (Wildman–Crippen LogP) is 5.18. The van der Waals surface area contributed by atoms with Crippen molar-refractivity contribution in [2.75, 3.05) is 23.9 Å². The van der Waals surface area contributed by atoms with Gasteiger partial charge in [-0.1, -0.05) is 58.9 Å². The molecule has 1 amide bonds. The van der Waals surface area contributed by atoms with Crippen LogP contribution >= 0.6 is 0 Å². The third kappa shape index (κ3) is 4.22. The van der Waals surface area contributed by atoms with Crippen molar-refractivity contribution in [3.63, 3.8) is 0 Å². The summed E-state index contributed by atoms with van der Waals surface area (Å²) < 4.78 is 0. The molecular weight excluding hydrogens is 388 g/mol. The van der Waals surface area contributed by atoms with Gasteiger partial charge in [-0.2, -0.15) is 0 Å². The summed E-state index contributed by atoms with van der Waals surface area (Å²) in [5, 5.41) is 10.7. The summed E-state index contributed by atoms with van der Waals surface area (Å²) in [4.78, 5) is 29.7. The van der Waals surface area contributed by atoms with Gasteiger partial charge in [0.1, 0.15) is 0 Å². The van der Waals surface area contributed by atoms with Gasteiger partial charge in [0.05, 0.1) is 11.6 Å². The quantitative estimate of drug-likeness (QED) is 0.724. The fourth-order valence-corrected chi connectivity index (χ4v) is 3.83. The first-order valence-corrected chi connectivity index (χ1v) is 10.6. The Morgan fingerprint density at radius 3 is 2.00 bits per heavy atom. The summed E-state index contributed by atoms with van der Waals surface area (Å²) in [7, 11) is 3.89. The highest BCUT2D eigenvalue weighted by molar-refractivity contribution is 6.16. The van der Waals surface area contributed by atoms with Crippen LogP contribution in [-0.4, -0.2) is 30.9 Å². The van der Waals surface area contributed by atoms with Crippen LogP contribution < -0.4 is 9.80 Å². The van der Waals surface area contributed by atoms with Crippen LogP contribution in [0.25, 0.3) is 0 Å². The Morgan fingerprint density at radius 2 is 1.55 bits per heavy atom. The predicted molar refractivity (Wildman–Crippen MR) is 126 cm³/mol. The maximum atomic E-state index is 13.1. The molecule has 5 heteroatoms. The number of benzene rings is 2. The minimum absolute atomic E-state index is 0.0136. The van der Waals surface area contributed by atoms with E-state index in [0.29, 0.717) is 5.69 Å². The van der Waals surface area contributed by atoms with E-state index < -0.39 is 17.7 Å². The Balaban J connectivity index is 2.13. The molecule has 164 valence electrons. The molecule has 2 aromatic carbocycles. The number of aliphatic hydroxyl groups excluding tert-OH is 1. The molecule has 0 saturated carbocycles. The molecule has 31 heavy (non-hydrogen) atoms. The number of Topliss-reactive ketones (excluding diaryl/α,β-unsaturated/α-hetero) is 1. The fourth-order valence-electron chi connectivity index (χ4n) is 3.83. The van der Waals surface area contributed by atoms with Crippen LogP contribution in [-0.2, 0) is 15.0 Å². The molecule has 0 radical (unpaired) electrons. The van der Waals surface area contributed by atoms with E-state index in [4.69, 9.17) is 0 Å². The van der Waals surface area contributed by atoms with E-state index >= 15 is 0 Å². The molecular formula is C26H32N2O3. The van der Waals surface area contributed by atoms with Crippen molar-refractivity contribution in [2.24, 2.45) is 5.92 Å². The molecule has 0 bridgehead atoms. The zero-order valence-corrected chi connectivity index (χ0v) is 19.4. The lowest BCUT2D eigenvalue weighted by Crippen LogP contribution is -2.31. The van der Waals surface area contributed by atoms with E-state index in [2.05, 4.69) is 20.8 Å². The lowest BCUT2D eigenvalue weighted by molar-refractivity contribution is -0.119. The largest absolute Gasteiger partial charge is 0.503 e. The van der Waals surface area contributed by atoms with Crippen molar-refractivity contribution in [3.05, 3.63) is 71.0 Å². The zero-order chi connectivity index (χ0) is 23.1. The van der Waals surface area contributed by atoms with E-state index in [0.717, 1.165) is 16.8 Å². The van der Waals surface area contributed by atoms with E-state index in [1.54, 1.807) is 13.8 Å². The van der Waals surface area contributed by atoms with Crippen LogP contribution in [0.5, 0.6) is 0 Å². The number of nitrogens with zero attached hydrogens (tertiary/aromatic N) is 2. The molecule has 1 aliphatic rings. The number of carbonyl (C=O) groups is 2. The Morgan fingerprint density at radius 1 is 1.00 bits per heavy atom. The summed E-state index contributed by atoms with van der Waals surface area (Å²) in [5.74, 6) is -1.56. The van der Waals surface area contributed by atoms with Gasteiger partial charge in [-0.25, -0.2) is 0 Å². The zero-order valence-electron chi connectivity index (χ0n) is 19.4. The van der Waals surface area contributed by atoms with Gasteiger partial charge in [0, 0.05) is 31.4 Å². The second-order valence-electron chi connectivity index (χ2n) is 9.64. The van der Waals surface area contributed by atoms with Gasteiger partial charge < -0.3 is 10.0 Å². The van der Waals surface area contributed by atoms with Gasteiger partial charge in [0.2, 0.25) is 0 Å². The Bertz CT molecular complexity index is 1010. The minimum atomic E-state index is -0.665. The smallest absolute Gasteiger partial charge is 0.294 e. The highest BCUT2D eigenvalue weighted by Crippen LogP contribution is 2.42. The molecule has 0 aliphatic carbocycles. The number of anilines is 2. The third-order valence-corrected chi connectivity index (χ3v) is 5.73. The van der Waals surface area contributed by atoms with Gasteiger partial charge in [-0.05, 0) is 40.8 Å². The van der Waals surface area contributed by atoms with Gasteiger partial charge in [-0.15, -0.1) is 0 Å². The summed E-state index contributed by atoms with van der Waals surface area (Å²) >= 11 is 0. The van der Waals surface area contributed by atoms with Crippen LogP contribution in [0.2, 0.25) is 0 Å². The molecule has 0 aromatic heterocycles. The maximum Gasteiger partial charge on any atom is 0.294 e.